The molecule has 8 rings (SSSR count). The summed E-state index contributed by atoms with van der Waals surface area (Å²) >= 11 is 0. The number of rotatable bonds is 6. The normalized spacial score (nSPS) is 55.8. The molecule has 8 fully saturated rings. The zero-order chi connectivity index (χ0) is 34.0. The van der Waals surface area contributed by atoms with E-state index >= 15 is 0 Å². The van der Waals surface area contributed by atoms with Crippen LogP contribution in [0.2, 0.25) is 0 Å². The Balaban J connectivity index is 0.959. The zero-order valence-corrected chi connectivity index (χ0v) is 31.0. The summed E-state index contributed by atoms with van der Waals surface area (Å²) in [6.07, 6.45) is 14.0. The van der Waals surface area contributed by atoms with Gasteiger partial charge in [0.15, 0.2) is 12.6 Å². The van der Waals surface area contributed by atoms with Crippen molar-refractivity contribution in [3.63, 3.8) is 0 Å². The maximum absolute atomic E-state index is 12.0. The number of carboxylic acids is 1. The molecule has 0 aromatic heterocycles. The van der Waals surface area contributed by atoms with Crippen LogP contribution in [0.4, 0.5) is 0 Å². The minimum Gasteiger partial charge on any atom is -0.481 e. The van der Waals surface area contributed by atoms with Crippen molar-refractivity contribution in [2.45, 2.75) is 180 Å². The van der Waals surface area contributed by atoms with Crippen LogP contribution in [-0.2, 0) is 23.7 Å². The van der Waals surface area contributed by atoms with Crippen LogP contribution in [-0.4, -0.2) is 58.3 Å². The third kappa shape index (κ3) is 4.92. The van der Waals surface area contributed by atoms with Crippen LogP contribution in [0.25, 0.3) is 0 Å². The van der Waals surface area contributed by atoms with Gasteiger partial charge in [-0.3, -0.25) is 4.79 Å². The Labute approximate surface area is 289 Å². The fourth-order valence-corrected chi connectivity index (χ4v) is 14.7. The summed E-state index contributed by atoms with van der Waals surface area (Å²) in [5.74, 6) is 4.19. The van der Waals surface area contributed by atoms with Gasteiger partial charge in [-0.15, -0.1) is 0 Å². The molecule has 0 radical (unpaired) electrons. The van der Waals surface area contributed by atoms with E-state index in [2.05, 4.69) is 48.5 Å². The quantitative estimate of drug-likeness (QED) is 0.275. The molecular weight excluding hydrogens is 604 g/mol. The number of aliphatic hydroxyl groups is 1. The first kappa shape index (κ1) is 34.4. The summed E-state index contributed by atoms with van der Waals surface area (Å²) in [6, 6.07) is 0. The van der Waals surface area contributed by atoms with E-state index < -0.39 is 5.97 Å². The van der Waals surface area contributed by atoms with E-state index in [0.717, 1.165) is 44.9 Å². The molecule has 1 spiro atoms. The second kappa shape index (κ2) is 11.9. The molecule has 7 heteroatoms. The van der Waals surface area contributed by atoms with Gasteiger partial charge in [-0.1, -0.05) is 34.6 Å². The molecule has 0 aromatic rings. The molecule has 5 saturated carbocycles. The Morgan fingerprint density at radius 1 is 0.875 bits per heavy atom. The van der Waals surface area contributed by atoms with Gasteiger partial charge in [-0.25, -0.2) is 0 Å². The predicted molar refractivity (Wildman–Crippen MR) is 183 cm³/mol. The van der Waals surface area contributed by atoms with Gasteiger partial charge in [0.2, 0.25) is 0 Å². The summed E-state index contributed by atoms with van der Waals surface area (Å²) in [5.41, 5.74) is -0.570. The number of aliphatic hydroxyl groups excluding tert-OH is 1. The van der Waals surface area contributed by atoms with Gasteiger partial charge in [-0.05, 0) is 155 Å². The lowest BCUT2D eigenvalue weighted by Crippen LogP contribution is -2.76. The lowest BCUT2D eigenvalue weighted by Gasteiger charge is -2.67. The average Bonchev–Trinajstić information content (AvgIpc) is 3.40. The maximum Gasteiger partial charge on any atom is 0.303 e. The molecule has 48 heavy (non-hydrogen) atoms. The Hall–Kier alpha value is -0.730. The van der Waals surface area contributed by atoms with Crippen molar-refractivity contribution in [3.05, 3.63) is 0 Å². The van der Waals surface area contributed by atoms with Crippen molar-refractivity contribution in [1.82, 2.24) is 0 Å². The van der Waals surface area contributed by atoms with Crippen LogP contribution in [0.1, 0.15) is 138 Å². The molecule has 5 aliphatic carbocycles. The third-order valence-corrected chi connectivity index (χ3v) is 17.4. The minimum absolute atomic E-state index is 0.0951. The van der Waals surface area contributed by atoms with Crippen molar-refractivity contribution in [2.75, 3.05) is 0 Å². The molecule has 272 valence electrons. The van der Waals surface area contributed by atoms with Gasteiger partial charge in [0, 0.05) is 18.3 Å². The first-order valence-electron chi connectivity index (χ1n) is 20.3. The Bertz CT molecular complexity index is 1240. The van der Waals surface area contributed by atoms with E-state index in [-0.39, 0.29) is 65.3 Å². The standard InChI is InChI=1S/C41H66O7/c1-22(9-17-35(43)44)28-13-14-31-27-11-10-25-20-26(18-19-39(25,6)32(27)21-33(42)40(28,31)7)45-36-24(3)30-12-8-23(2)29-15-16-34-38(4,5)48-37(46-36)41(29,30)47-34/h22-34,36-37,42H,8-21H2,1-7H3,(H,43,44)/t22-,23-,24-,25?,26-,27?,28-,29?,30?,31?,32?,33+,34+,36?,37?,39+,40-,41?/m1/s1. The van der Waals surface area contributed by atoms with Gasteiger partial charge < -0.3 is 29.2 Å². The highest BCUT2D eigenvalue weighted by atomic mass is 16.8. The van der Waals surface area contributed by atoms with Gasteiger partial charge in [0.05, 0.1) is 23.9 Å². The molecular formula is C41H66O7. The van der Waals surface area contributed by atoms with E-state index in [9.17, 15) is 15.0 Å². The zero-order valence-electron chi connectivity index (χ0n) is 31.0. The molecule has 0 amide bonds. The lowest BCUT2D eigenvalue weighted by molar-refractivity contribution is -0.465. The van der Waals surface area contributed by atoms with Gasteiger partial charge >= 0.3 is 5.97 Å². The number of ether oxygens (including phenoxy) is 4. The molecule has 0 aromatic carbocycles. The van der Waals surface area contributed by atoms with Crippen LogP contribution >= 0.6 is 0 Å². The Morgan fingerprint density at radius 2 is 1.62 bits per heavy atom. The van der Waals surface area contributed by atoms with Crippen molar-refractivity contribution < 1.29 is 34.0 Å². The van der Waals surface area contributed by atoms with E-state index in [4.69, 9.17) is 18.9 Å². The van der Waals surface area contributed by atoms with Gasteiger partial charge in [0.25, 0.3) is 0 Å². The van der Waals surface area contributed by atoms with E-state index in [1.165, 1.54) is 32.1 Å². The summed E-state index contributed by atoms with van der Waals surface area (Å²) in [7, 11) is 0. The van der Waals surface area contributed by atoms with Crippen LogP contribution in [0, 0.1) is 70.0 Å². The Morgan fingerprint density at radius 3 is 2.40 bits per heavy atom. The highest BCUT2D eigenvalue weighted by molar-refractivity contribution is 5.66. The molecule has 3 heterocycles. The number of carbonyl (C=O) groups is 1. The van der Waals surface area contributed by atoms with Crippen LogP contribution in [0.15, 0.2) is 0 Å². The predicted octanol–water partition coefficient (Wildman–Crippen LogP) is 8.21. The summed E-state index contributed by atoms with van der Waals surface area (Å²) in [6.45, 7) is 16.3. The second-order valence-electron chi connectivity index (χ2n) is 19.6. The second-order valence-corrected chi connectivity index (χ2v) is 19.6. The van der Waals surface area contributed by atoms with Crippen LogP contribution in [0.3, 0.4) is 0 Å². The van der Waals surface area contributed by atoms with E-state index in [1.807, 2.05) is 0 Å². The SMILES string of the molecule is C[C@H]1C(O[C@@H]2CC[C@@]3(C)C(CCC4C3C[C@H](O)[C@@]3(C)C4CC[C@@H]3[C@H](C)CCC(=O)O)C2)OC2OC(C)(C)[C@@H]3CCC4[C@H](C)CCC1C24O3. The molecule has 18 atom stereocenters. The number of hydrogen-bond donors (Lipinski definition) is 2. The minimum atomic E-state index is -0.704. The topological polar surface area (TPSA) is 94.5 Å². The average molecular weight is 671 g/mol. The van der Waals surface area contributed by atoms with Crippen molar-refractivity contribution in [3.8, 4) is 0 Å². The number of fused-ring (bicyclic) bond motifs is 6. The largest absolute Gasteiger partial charge is 0.481 e. The third-order valence-electron chi connectivity index (χ3n) is 17.4. The monoisotopic (exact) mass is 670 g/mol. The summed E-state index contributed by atoms with van der Waals surface area (Å²) < 4.78 is 28.0. The highest BCUT2D eigenvalue weighted by Crippen LogP contribution is 2.69. The molecule has 7 nitrogen and oxygen atoms in total. The summed E-state index contributed by atoms with van der Waals surface area (Å²) in [5, 5.41) is 21.3. The summed E-state index contributed by atoms with van der Waals surface area (Å²) in [4.78, 5) is 11.3. The maximum atomic E-state index is 12.0. The fraction of sp³-hybridized carbons (Fsp3) is 0.976. The molecule has 2 N–H and O–H groups in total. The smallest absolute Gasteiger partial charge is 0.303 e. The van der Waals surface area contributed by atoms with Gasteiger partial charge in [-0.2, -0.15) is 0 Å². The number of aliphatic carboxylic acids is 1. The van der Waals surface area contributed by atoms with Gasteiger partial charge in [0.1, 0.15) is 5.60 Å². The van der Waals surface area contributed by atoms with E-state index in [1.54, 1.807) is 0 Å². The number of carboxylic acid groups (broad SMARTS) is 1. The Kier molecular flexibility index (Phi) is 8.52. The number of hydrogen-bond acceptors (Lipinski definition) is 6. The molecule has 9 unspecified atom stereocenters. The molecule has 2 bridgehead atoms. The van der Waals surface area contributed by atoms with Crippen molar-refractivity contribution in [2.24, 2.45) is 70.0 Å². The molecule has 3 saturated heterocycles. The fourth-order valence-electron chi connectivity index (χ4n) is 14.7. The highest BCUT2D eigenvalue weighted by Gasteiger charge is 2.70. The van der Waals surface area contributed by atoms with E-state index in [0.29, 0.717) is 59.7 Å². The van der Waals surface area contributed by atoms with Crippen molar-refractivity contribution in [1.29, 1.82) is 0 Å². The lowest BCUT2D eigenvalue weighted by atomic mass is 9.43. The van der Waals surface area contributed by atoms with Crippen molar-refractivity contribution >= 4 is 5.97 Å². The molecule has 8 aliphatic rings. The van der Waals surface area contributed by atoms with Crippen LogP contribution in [0.5, 0.6) is 0 Å². The van der Waals surface area contributed by atoms with Crippen LogP contribution < -0.4 is 0 Å². The first-order chi connectivity index (χ1) is 22.7. The first-order valence-corrected chi connectivity index (χ1v) is 20.3. The molecule has 3 aliphatic heterocycles.